The number of hydrogen-bond acceptors (Lipinski definition) is 8. The topological polar surface area (TPSA) is 80.9 Å². The highest BCUT2D eigenvalue weighted by Crippen LogP contribution is 2.29. The zero-order valence-electron chi connectivity index (χ0n) is 13.6. The number of thioether (sulfide) groups is 1. The van der Waals surface area contributed by atoms with Crippen molar-refractivity contribution >= 4 is 45.5 Å². The maximum atomic E-state index is 12.9. The number of carbonyl (C=O) groups excluding carboxylic acids is 1. The van der Waals surface area contributed by atoms with Crippen molar-refractivity contribution < 1.29 is 13.7 Å². The van der Waals surface area contributed by atoms with Gasteiger partial charge in [0.05, 0.1) is 4.88 Å². The van der Waals surface area contributed by atoms with Crippen molar-refractivity contribution in [1.82, 2.24) is 15.4 Å². The van der Waals surface area contributed by atoms with E-state index in [0.717, 1.165) is 10.4 Å². The summed E-state index contributed by atoms with van der Waals surface area (Å²) in [5, 5.41) is 16.8. The van der Waals surface area contributed by atoms with Crippen LogP contribution in [0.4, 0.5) is 9.52 Å². The summed E-state index contributed by atoms with van der Waals surface area (Å²) >= 11 is 4.23. The molecule has 10 heteroatoms. The normalized spacial score (nSPS) is 10.9. The van der Waals surface area contributed by atoms with Gasteiger partial charge in [-0.05, 0) is 29.1 Å². The average molecular weight is 419 g/mol. The minimum Gasteiger partial charge on any atom is -0.355 e. The molecular formula is C17H11FN4O2S3. The van der Waals surface area contributed by atoms with Crippen molar-refractivity contribution in [3.05, 3.63) is 64.9 Å². The summed E-state index contributed by atoms with van der Waals surface area (Å²) in [6.45, 7) is 0. The molecule has 0 aliphatic rings. The van der Waals surface area contributed by atoms with Gasteiger partial charge in [0.25, 0.3) is 5.91 Å². The van der Waals surface area contributed by atoms with Gasteiger partial charge < -0.3 is 4.52 Å². The number of carbonyl (C=O) groups is 1. The summed E-state index contributed by atoms with van der Waals surface area (Å²) in [4.78, 5) is 13.2. The molecule has 0 saturated carbocycles. The Morgan fingerprint density at radius 2 is 2.07 bits per heavy atom. The molecule has 0 spiro atoms. The molecule has 1 amide bonds. The van der Waals surface area contributed by atoms with E-state index in [9.17, 15) is 9.18 Å². The van der Waals surface area contributed by atoms with E-state index in [0.29, 0.717) is 21.0 Å². The Kier molecular flexibility index (Phi) is 5.28. The molecule has 0 atom stereocenters. The van der Waals surface area contributed by atoms with Gasteiger partial charge in [0.1, 0.15) is 5.82 Å². The lowest BCUT2D eigenvalue weighted by atomic mass is 10.2. The van der Waals surface area contributed by atoms with Crippen LogP contribution in [0.1, 0.15) is 16.1 Å². The number of amides is 1. The molecule has 3 heterocycles. The van der Waals surface area contributed by atoms with Gasteiger partial charge in [0, 0.05) is 11.8 Å². The van der Waals surface area contributed by atoms with Crippen LogP contribution in [0.25, 0.3) is 10.6 Å². The fourth-order valence-electron chi connectivity index (χ4n) is 2.12. The van der Waals surface area contributed by atoms with Crippen molar-refractivity contribution in [2.45, 2.75) is 10.1 Å². The molecule has 0 fully saturated rings. The Hall–Kier alpha value is -2.56. The Labute approximate surface area is 165 Å². The second-order valence-corrected chi connectivity index (χ2v) is 8.44. The predicted molar refractivity (Wildman–Crippen MR) is 104 cm³/mol. The highest BCUT2D eigenvalue weighted by Gasteiger charge is 2.16. The fourth-order valence-corrected chi connectivity index (χ4v) is 4.50. The van der Waals surface area contributed by atoms with Crippen molar-refractivity contribution in [2.24, 2.45) is 0 Å². The van der Waals surface area contributed by atoms with E-state index >= 15 is 0 Å². The Morgan fingerprint density at radius 1 is 1.22 bits per heavy atom. The Morgan fingerprint density at radius 3 is 2.85 bits per heavy atom. The first-order valence-electron chi connectivity index (χ1n) is 7.70. The molecule has 0 aliphatic carbocycles. The third kappa shape index (κ3) is 4.41. The van der Waals surface area contributed by atoms with Crippen molar-refractivity contribution in [1.29, 1.82) is 0 Å². The molecule has 6 nitrogen and oxygen atoms in total. The van der Waals surface area contributed by atoms with Crippen molar-refractivity contribution in [3.63, 3.8) is 0 Å². The third-order valence-electron chi connectivity index (χ3n) is 3.41. The van der Waals surface area contributed by atoms with Gasteiger partial charge in [-0.3, -0.25) is 10.1 Å². The highest BCUT2D eigenvalue weighted by molar-refractivity contribution is 8.00. The number of halogens is 1. The Bertz CT molecular complexity index is 1040. The molecule has 0 saturated heterocycles. The van der Waals surface area contributed by atoms with E-state index in [1.807, 2.05) is 17.5 Å². The van der Waals surface area contributed by atoms with E-state index < -0.39 is 5.91 Å². The molecule has 27 heavy (non-hydrogen) atoms. The van der Waals surface area contributed by atoms with Gasteiger partial charge in [-0.2, -0.15) is 0 Å². The average Bonchev–Trinajstić information content (AvgIpc) is 3.42. The molecule has 0 bridgehead atoms. The number of thiophene rings is 1. The second-order valence-electron chi connectivity index (χ2n) is 5.30. The minimum atomic E-state index is -0.409. The number of nitrogens with zero attached hydrogens (tertiary/aromatic N) is 3. The first kappa shape index (κ1) is 17.8. The van der Waals surface area contributed by atoms with Crippen molar-refractivity contribution in [2.75, 3.05) is 5.32 Å². The maximum absolute atomic E-state index is 12.9. The number of hydrogen-bond donors (Lipinski definition) is 1. The Balaban J connectivity index is 1.36. The first-order valence-corrected chi connectivity index (χ1v) is 10.4. The lowest BCUT2D eigenvalue weighted by Gasteiger charge is -1.98. The molecule has 0 unspecified atom stereocenters. The van der Waals surface area contributed by atoms with Crippen LogP contribution in [-0.2, 0) is 5.75 Å². The van der Waals surface area contributed by atoms with E-state index in [4.69, 9.17) is 4.52 Å². The highest BCUT2D eigenvalue weighted by atomic mass is 32.2. The number of anilines is 1. The van der Waals surface area contributed by atoms with Crippen LogP contribution in [0.5, 0.6) is 0 Å². The lowest BCUT2D eigenvalue weighted by Crippen LogP contribution is -2.11. The van der Waals surface area contributed by atoms with Gasteiger partial charge in [0.15, 0.2) is 15.8 Å². The molecule has 1 aromatic carbocycles. The van der Waals surface area contributed by atoms with Gasteiger partial charge in [-0.25, -0.2) is 4.39 Å². The monoisotopic (exact) mass is 418 g/mol. The maximum Gasteiger partial charge on any atom is 0.279 e. The lowest BCUT2D eigenvalue weighted by molar-refractivity contribution is 0.101. The van der Waals surface area contributed by atoms with Crippen LogP contribution in [0.3, 0.4) is 0 Å². The molecule has 4 rings (SSSR count). The van der Waals surface area contributed by atoms with Gasteiger partial charge in [-0.1, -0.05) is 46.5 Å². The van der Waals surface area contributed by atoms with Crippen LogP contribution >= 0.6 is 34.4 Å². The number of rotatable bonds is 6. The zero-order chi connectivity index (χ0) is 18.6. The summed E-state index contributed by atoms with van der Waals surface area (Å²) in [5.41, 5.74) is 1.15. The summed E-state index contributed by atoms with van der Waals surface area (Å²) in [6, 6.07) is 11.7. The molecule has 136 valence electrons. The van der Waals surface area contributed by atoms with E-state index in [1.54, 1.807) is 18.2 Å². The number of aromatic nitrogens is 3. The van der Waals surface area contributed by atoms with E-state index in [-0.39, 0.29) is 11.5 Å². The standard InChI is InChI=1S/C17H11FN4O2S3/c18-11-5-3-10(4-6-11)9-26-17-21-20-16(27-17)19-15(23)12-8-13(24-22-12)14-2-1-7-25-14/h1-8H,9H2,(H,19,20,23). The van der Waals surface area contributed by atoms with Gasteiger partial charge >= 0.3 is 0 Å². The van der Waals surface area contributed by atoms with Crippen LogP contribution in [0, 0.1) is 5.82 Å². The van der Waals surface area contributed by atoms with Gasteiger partial charge in [-0.15, -0.1) is 21.5 Å². The summed E-state index contributed by atoms with van der Waals surface area (Å²) in [7, 11) is 0. The molecule has 4 aromatic rings. The minimum absolute atomic E-state index is 0.175. The SMILES string of the molecule is O=C(Nc1nnc(SCc2ccc(F)cc2)s1)c1cc(-c2cccs2)on1. The number of nitrogens with one attached hydrogen (secondary N) is 1. The summed E-state index contributed by atoms with van der Waals surface area (Å²) in [5.74, 6) is 0.506. The molecule has 0 radical (unpaired) electrons. The first-order chi connectivity index (χ1) is 13.2. The second kappa shape index (κ2) is 7.99. The summed E-state index contributed by atoms with van der Waals surface area (Å²) < 4.78 is 18.8. The van der Waals surface area contributed by atoms with Crippen LogP contribution in [0.2, 0.25) is 0 Å². The van der Waals surface area contributed by atoms with E-state index in [2.05, 4.69) is 20.7 Å². The number of benzene rings is 1. The predicted octanol–water partition coefficient (Wildman–Crippen LogP) is 4.94. The zero-order valence-corrected chi connectivity index (χ0v) is 16.0. The molecular weight excluding hydrogens is 407 g/mol. The fraction of sp³-hybridized carbons (Fsp3) is 0.0588. The third-order valence-corrected chi connectivity index (χ3v) is 6.34. The molecule has 0 aliphatic heterocycles. The van der Waals surface area contributed by atoms with Crippen LogP contribution in [0.15, 0.2) is 56.7 Å². The van der Waals surface area contributed by atoms with Gasteiger partial charge in [0.2, 0.25) is 5.13 Å². The molecule has 3 aromatic heterocycles. The quantitative estimate of drug-likeness (QED) is 0.353. The summed E-state index contributed by atoms with van der Waals surface area (Å²) in [6.07, 6.45) is 0. The van der Waals surface area contributed by atoms with Crippen molar-refractivity contribution in [3.8, 4) is 10.6 Å². The smallest absolute Gasteiger partial charge is 0.279 e. The largest absolute Gasteiger partial charge is 0.355 e. The van der Waals surface area contributed by atoms with Crippen LogP contribution in [-0.4, -0.2) is 21.3 Å². The molecule has 1 N–H and O–H groups in total. The van der Waals surface area contributed by atoms with E-state index in [1.165, 1.54) is 46.6 Å². The van der Waals surface area contributed by atoms with Crippen LogP contribution < -0.4 is 5.32 Å².